The molecule has 0 bridgehead atoms. The maximum absolute atomic E-state index is 12.0. The van der Waals surface area contributed by atoms with Crippen LogP contribution in [0.25, 0.3) is 10.2 Å². The number of rotatable bonds is 5. The summed E-state index contributed by atoms with van der Waals surface area (Å²) in [6.07, 6.45) is 1.73. The maximum Gasteiger partial charge on any atom is 0.273 e. The fourth-order valence-corrected chi connectivity index (χ4v) is 3.55. The van der Waals surface area contributed by atoms with Gasteiger partial charge in [-0.05, 0) is 44.9 Å². The highest BCUT2D eigenvalue weighted by Gasteiger charge is 2.14. The summed E-state index contributed by atoms with van der Waals surface area (Å²) < 4.78 is 6.45. The highest BCUT2D eigenvalue weighted by molar-refractivity contribution is 7.18. The number of nitrogens with one attached hydrogen (secondary N) is 2. The Kier molecular flexibility index (Phi) is 5.14. The Morgan fingerprint density at radius 3 is 2.72 bits per heavy atom. The first-order valence-electron chi connectivity index (χ1n) is 8.03. The first-order chi connectivity index (χ1) is 12.0. The van der Waals surface area contributed by atoms with Crippen LogP contribution in [-0.4, -0.2) is 16.8 Å². The van der Waals surface area contributed by atoms with Crippen LogP contribution in [0, 0.1) is 13.8 Å². The molecule has 2 heterocycles. The molecule has 130 valence electrons. The summed E-state index contributed by atoms with van der Waals surface area (Å²) in [5, 5.41) is 1.02. The summed E-state index contributed by atoms with van der Waals surface area (Å²) in [6.45, 7) is 3.48. The second-order valence-electron chi connectivity index (χ2n) is 5.76. The molecular formula is C18H19N3O3S. The molecule has 0 saturated carbocycles. The lowest BCUT2D eigenvalue weighted by Gasteiger charge is -2.06. The molecule has 6 nitrogen and oxygen atoms in total. The standard InChI is InChI=1S/C18H19N3O3S/c1-11-10-13(12(2)24-11)18(23)21-20-16(22)8-5-9-17-19-14-6-3-4-7-15(14)25-17/h3-4,6-7,10H,5,8-9H2,1-2H3,(H,20,22)(H,21,23). The zero-order valence-electron chi connectivity index (χ0n) is 14.1. The molecule has 2 aromatic heterocycles. The number of amides is 2. The first kappa shape index (κ1) is 17.2. The van der Waals surface area contributed by atoms with Gasteiger partial charge in [0.15, 0.2) is 0 Å². The van der Waals surface area contributed by atoms with E-state index in [0.29, 0.717) is 29.9 Å². The van der Waals surface area contributed by atoms with E-state index in [1.807, 2.05) is 24.3 Å². The van der Waals surface area contributed by atoms with Crippen molar-refractivity contribution in [3.63, 3.8) is 0 Å². The van der Waals surface area contributed by atoms with Crippen molar-refractivity contribution in [3.8, 4) is 0 Å². The van der Waals surface area contributed by atoms with Crippen LogP contribution in [0.5, 0.6) is 0 Å². The fraction of sp³-hybridized carbons (Fsp3) is 0.278. The van der Waals surface area contributed by atoms with E-state index < -0.39 is 0 Å². The molecule has 0 saturated heterocycles. The van der Waals surface area contributed by atoms with Gasteiger partial charge in [0.1, 0.15) is 11.5 Å². The molecule has 0 aliphatic carbocycles. The van der Waals surface area contributed by atoms with Gasteiger partial charge in [-0.1, -0.05) is 12.1 Å². The van der Waals surface area contributed by atoms with Crippen LogP contribution < -0.4 is 10.9 Å². The molecule has 0 unspecified atom stereocenters. The van der Waals surface area contributed by atoms with Crippen LogP contribution in [0.1, 0.15) is 39.7 Å². The third-order valence-electron chi connectivity index (χ3n) is 3.73. The number of furan rings is 1. The molecule has 2 N–H and O–H groups in total. The lowest BCUT2D eigenvalue weighted by molar-refractivity contribution is -0.121. The Morgan fingerprint density at radius 1 is 1.20 bits per heavy atom. The zero-order chi connectivity index (χ0) is 17.8. The van der Waals surface area contributed by atoms with Gasteiger partial charge in [-0.25, -0.2) is 4.98 Å². The minimum atomic E-state index is -0.381. The zero-order valence-corrected chi connectivity index (χ0v) is 14.9. The van der Waals surface area contributed by atoms with Crippen LogP contribution in [-0.2, 0) is 11.2 Å². The molecule has 3 rings (SSSR count). The largest absolute Gasteiger partial charge is 0.466 e. The predicted molar refractivity (Wildman–Crippen MR) is 96.3 cm³/mol. The molecule has 0 atom stereocenters. The Labute approximate surface area is 149 Å². The van der Waals surface area contributed by atoms with E-state index in [4.69, 9.17) is 4.42 Å². The quantitative estimate of drug-likeness (QED) is 0.686. The van der Waals surface area contributed by atoms with Crippen molar-refractivity contribution < 1.29 is 14.0 Å². The van der Waals surface area contributed by atoms with Crippen LogP contribution in [0.2, 0.25) is 0 Å². The SMILES string of the molecule is Cc1cc(C(=O)NNC(=O)CCCc2nc3ccccc3s2)c(C)o1. The summed E-state index contributed by atoms with van der Waals surface area (Å²) in [4.78, 5) is 28.4. The lowest BCUT2D eigenvalue weighted by Crippen LogP contribution is -2.41. The van der Waals surface area contributed by atoms with Gasteiger partial charge in [-0.3, -0.25) is 20.4 Å². The number of fused-ring (bicyclic) bond motifs is 1. The van der Waals surface area contributed by atoms with Crippen molar-refractivity contribution in [1.29, 1.82) is 0 Å². The van der Waals surface area contributed by atoms with Gasteiger partial charge in [0.2, 0.25) is 5.91 Å². The topological polar surface area (TPSA) is 84.2 Å². The number of hydrogen-bond acceptors (Lipinski definition) is 5. The Balaban J connectivity index is 1.43. The fourth-order valence-electron chi connectivity index (χ4n) is 2.54. The van der Waals surface area contributed by atoms with E-state index >= 15 is 0 Å². The second-order valence-corrected chi connectivity index (χ2v) is 6.87. The summed E-state index contributed by atoms with van der Waals surface area (Å²) in [6, 6.07) is 9.62. The molecule has 25 heavy (non-hydrogen) atoms. The van der Waals surface area contributed by atoms with Crippen molar-refractivity contribution in [2.24, 2.45) is 0 Å². The summed E-state index contributed by atoms with van der Waals surface area (Å²) in [5.74, 6) is 0.575. The monoisotopic (exact) mass is 357 g/mol. The molecule has 0 fully saturated rings. The third kappa shape index (κ3) is 4.24. The van der Waals surface area contributed by atoms with E-state index in [2.05, 4.69) is 15.8 Å². The molecule has 3 aromatic rings. The molecule has 1 aromatic carbocycles. The summed E-state index contributed by atoms with van der Waals surface area (Å²) in [7, 11) is 0. The third-order valence-corrected chi connectivity index (χ3v) is 4.83. The molecule has 0 spiro atoms. The van der Waals surface area contributed by atoms with E-state index in [1.165, 1.54) is 0 Å². The van der Waals surface area contributed by atoms with Crippen molar-refractivity contribution in [3.05, 3.63) is 52.4 Å². The first-order valence-corrected chi connectivity index (χ1v) is 8.85. The van der Waals surface area contributed by atoms with Gasteiger partial charge in [-0.15, -0.1) is 11.3 Å². The smallest absolute Gasteiger partial charge is 0.273 e. The van der Waals surface area contributed by atoms with Crippen molar-refractivity contribution >= 4 is 33.4 Å². The molecular weight excluding hydrogens is 338 g/mol. The van der Waals surface area contributed by atoms with Crippen LogP contribution in [0.4, 0.5) is 0 Å². The molecule has 0 aliphatic heterocycles. The second kappa shape index (κ2) is 7.48. The average molecular weight is 357 g/mol. The Morgan fingerprint density at radius 2 is 2.00 bits per heavy atom. The van der Waals surface area contributed by atoms with Gasteiger partial charge in [0, 0.05) is 6.42 Å². The number of hydrogen-bond donors (Lipinski definition) is 2. The molecule has 7 heteroatoms. The maximum atomic E-state index is 12.0. The number of benzene rings is 1. The molecule has 2 amide bonds. The van der Waals surface area contributed by atoms with Gasteiger partial charge in [-0.2, -0.15) is 0 Å². The summed E-state index contributed by atoms with van der Waals surface area (Å²) >= 11 is 1.65. The summed E-state index contributed by atoms with van der Waals surface area (Å²) in [5.41, 5.74) is 6.26. The van der Waals surface area contributed by atoms with Crippen LogP contribution >= 0.6 is 11.3 Å². The van der Waals surface area contributed by atoms with Crippen molar-refractivity contribution in [1.82, 2.24) is 15.8 Å². The van der Waals surface area contributed by atoms with E-state index in [0.717, 1.165) is 21.6 Å². The number of aryl methyl sites for hydroxylation is 3. The van der Waals surface area contributed by atoms with E-state index in [-0.39, 0.29) is 11.8 Å². The minimum absolute atomic E-state index is 0.229. The molecule has 0 radical (unpaired) electrons. The van der Waals surface area contributed by atoms with Gasteiger partial charge in [0.25, 0.3) is 5.91 Å². The number of carbonyl (C=O) groups is 2. The number of aromatic nitrogens is 1. The number of hydrazine groups is 1. The normalized spacial score (nSPS) is 10.8. The number of carbonyl (C=O) groups excluding carboxylic acids is 2. The minimum Gasteiger partial charge on any atom is -0.466 e. The van der Waals surface area contributed by atoms with Crippen molar-refractivity contribution in [2.45, 2.75) is 33.1 Å². The Hall–Kier alpha value is -2.67. The van der Waals surface area contributed by atoms with Crippen molar-refractivity contribution in [2.75, 3.05) is 0 Å². The number of para-hydroxylation sites is 1. The highest BCUT2D eigenvalue weighted by Crippen LogP contribution is 2.22. The predicted octanol–water partition coefficient (Wildman–Crippen LogP) is 3.29. The van der Waals surface area contributed by atoms with Crippen LogP contribution in [0.15, 0.2) is 34.7 Å². The van der Waals surface area contributed by atoms with E-state index in [1.54, 1.807) is 31.3 Å². The number of thiazole rings is 1. The van der Waals surface area contributed by atoms with Gasteiger partial charge in [0.05, 0.1) is 20.8 Å². The lowest BCUT2D eigenvalue weighted by atomic mass is 10.2. The Bertz CT molecular complexity index is 880. The van der Waals surface area contributed by atoms with Gasteiger partial charge >= 0.3 is 0 Å². The number of nitrogens with zero attached hydrogens (tertiary/aromatic N) is 1. The van der Waals surface area contributed by atoms with Gasteiger partial charge < -0.3 is 4.42 Å². The van der Waals surface area contributed by atoms with Crippen LogP contribution in [0.3, 0.4) is 0 Å². The highest BCUT2D eigenvalue weighted by atomic mass is 32.1. The average Bonchev–Trinajstić information content (AvgIpc) is 3.14. The van der Waals surface area contributed by atoms with E-state index in [9.17, 15) is 9.59 Å². The molecule has 0 aliphatic rings.